The highest BCUT2D eigenvalue weighted by molar-refractivity contribution is 5.66. The van der Waals surface area contributed by atoms with Gasteiger partial charge in [0.15, 0.2) is 0 Å². The molecule has 3 aromatic rings. The Kier molecular flexibility index (Phi) is 3.74. The van der Waals surface area contributed by atoms with Gasteiger partial charge in [0.1, 0.15) is 0 Å². The van der Waals surface area contributed by atoms with Gasteiger partial charge >= 0.3 is 0 Å². The monoisotopic (exact) mass is 274 g/mol. The van der Waals surface area contributed by atoms with Crippen LogP contribution in [0.5, 0.6) is 0 Å². The largest absolute Gasteiger partial charge is 0.417 e. The Labute approximate surface area is 123 Å². The van der Waals surface area contributed by atoms with Crippen molar-refractivity contribution < 1.29 is 4.42 Å². The molecule has 0 aliphatic rings. The minimum atomic E-state index is 0.488. The second-order valence-corrected chi connectivity index (χ2v) is 4.52. The average molecular weight is 274 g/mol. The molecule has 2 aromatic carbocycles. The van der Waals surface area contributed by atoms with Gasteiger partial charge in [0, 0.05) is 11.6 Å². The highest BCUT2D eigenvalue weighted by Crippen LogP contribution is 2.19. The molecular weight excluding hydrogens is 260 g/mol. The quantitative estimate of drug-likeness (QED) is 0.700. The van der Waals surface area contributed by atoms with Crippen LogP contribution in [0, 0.1) is 0 Å². The van der Waals surface area contributed by atoms with Gasteiger partial charge in [-0.3, -0.25) is 0 Å². The van der Waals surface area contributed by atoms with E-state index in [1.807, 2.05) is 66.7 Å². The van der Waals surface area contributed by atoms with E-state index in [1.165, 1.54) is 0 Å². The molecule has 0 spiro atoms. The summed E-state index contributed by atoms with van der Waals surface area (Å²) in [5.41, 5.74) is 3.04. The summed E-state index contributed by atoms with van der Waals surface area (Å²) in [6, 6.07) is 17.8. The second-order valence-electron chi connectivity index (χ2n) is 4.52. The molecule has 0 unspecified atom stereocenters. The molecule has 0 radical (unpaired) electrons. The molecular formula is C18H14N2O. The Morgan fingerprint density at radius 1 is 0.810 bits per heavy atom. The van der Waals surface area contributed by atoms with Crippen LogP contribution in [0.3, 0.4) is 0 Å². The van der Waals surface area contributed by atoms with Crippen molar-refractivity contribution in [1.82, 2.24) is 10.2 Å². The number of hydrogen-bond donors (Lipinski definition) is 0. The number of benzene rings is 2. The second kappa shape index (κ2) is 6.01. The van der Waals surface area contributed by atoms with E-state index in [-0.39, 0.29) is 0 Å². The van der Waals surface area contributed by atoms with Gasteiger partial charge in [0.25, 0.3) is 0 Å². The summed E-state index contributed by atoms with van der Waals surface area (Å²) in [4.78, 5) is 0. The Hall–Kier alpha value is -2.94. The maximum atomic E-state index is 5.63. The lowest BCUT2D eigenvalue weighted by atomic mass is 10.1. The standard InChI is InChI=1S/C18H14N2O/c1-2-14-8-11-16(12-9-14)18-20-19-17(21-18)13-10-15-6-4-3-5-7-15/h2-13H,1H2. The Balaban J connectivity index is 1.79. The van der Waals surface area contributed by atoms with E-state index >= 15 is 0 Å². The summed E-state index contributed by atoms with van der Waals surface area (Å²) in [5, 5.41) is 8.09. The van der Waals surface area contributed by atoms with Gasteiger partial charge in [-0.1, -0.05) is 55.1 Å². The summed E-state index contributed by atoms with van der Waals surface area (Å²) >= 11 is 0. The summed E-state index contributed by atoms with van der Waals surface area (Å²) < 4.78 is 5.63. The molecule has 0 aliphatic carbocycles. The Bertz CT molecular complexity index is 755. The van der Waals surface area contributed by atoms with Gasteiger partial charge < -0.3 is 4.42 Å². The van der Waals surface area contributed by atoms with Gasteiger partial charge in [-0.2, -0.15) is 0 Å². The van der Waals surface area contributed by atoms with Crippen LogP contribution in [0.25, 0.3) is 29.7 Å². The van der Waals surface area contributed by atoms with E-state index in [0.29, 0.717) is 11.8 Å². The lowest BCUT2D eigenvalue weighted by Gasteiger charge is -1.95. The highest BCUT2D eigenvalue weighted by atomic mass is 16.4. The third kappa shape index (κ3) is 3.15. The lowest BCUT2D eigenvalue weighted by Crippen LogP contribution is -1.78. The van der Waals surface area contributed by atoms with Gasteiger partial charge in [0.05, 0.1) is 0 Å². The topological polar surface area (TPSA) is 38.9 Å². The highest BCUT2D eigenvalue weighted by Gasteiger charge is 2.06. The predicted octanol–water partition coefficient (Wildman–Crippen LogP) is 4.55. The zero-order valence-corrected chi connectivity index (χ0v) is 11.4. The van der Waals surface area contributed by atoms with Crippen molar-refractivity contribution in [3.8, 4) is 11.5 Å². The molecule has 0 aliphatic heterocycles. The average Bonchev–Trinajstić information content (AvgIpc) is 3.03. The van der Waals surface area contributed by atoms with Gasteiger partial charge in [-0.15, -0.1) is 10.2 Å². The van der Waals surface area contributed by atoms with Gasteiger partial charge in [-0.05, 0) is 29.3 Å². The van der Waals surface area contributed by atoms with E-state index in [2.05, 4.69) is 16.8 Å². The van der Waals surface area contributed by atoms with Crippen molar-refractivity contribution >= 4 is 18.2 Å². The molecule has 0 saturated heterocycles. The minimum absolute atomic E-state index is 0.488. The molecule has 0 bridgehead atoms. The maximum Gasteiger partial charge on any atom is 0.248 e. The molecule has 102 valence electrons. The normalized spacial score (nSPS) is 10.9. The SMILES string of the molecule is C=Cc1ccc(-c2nnc(C=Cc3ccccc3)o2)cc1. The van der Waals surface area contributed by atoms with Crippen LogP contribution < -0.4 is 0 Å². The number of rotatable bonds is 4. The maximum absolute atomic E-state index is 5.63. The van der Waals surface area contributed by atoms with Crippen molar-refractivity contribution in [3.05, 3.63) is 78.2 Å². The molecule has 3 nitrogen and oxygen atoms in total. The molecule has 21 heavy (non-hydrogen) atoms. The first-order valence-electron chi connectivity index (χ1n) is 6.65. The molecule has 0 N–H and O–H groups in total. The van der Waals surface area contributed by atoms with Crippen LogP contribution in [0.1, 0.15) is 17.0 Å². The van der Waals surface area contributed by atoms with Crippen LogP contribution in [0.15, 0.2) is 65.6 Å². The fourth-order valence-electron chi connectivity index (χ4n) is 1.91. The van der Waals surface area contributed by atoms with E-state index < -0.39 is 0 Å². The lowest BCUT2D eigenvalue weighted by molar-refractivity contribution is 0.558. The van der Waals surface area contributed by atoms with Crippen LogP contribution >= 0.6 is 0 Å². The van der Waals surface area contributed by atoms with E-state index in [0.717, 1.165) is 16.7 Å². The molecule has 0 atom stereocenters. The number of hydrogen-bond acceptors (Lipinski definition) is 3. The van der Waals surface area contributed by atoms with Crippen molar-refractivity contribution in [2.75, 3.05) is 0 Å². The molecule has 3 heteroatoms. The van der Waals surface area contributed by atoms with Crippen molar-refractivity contribution in [3.63, 3.8) is 0 Å². The zero-order valence-electron chi connectivity index (χ0n) is 11.4. The Morgan fingerprint density at radius 2 is 1.57 bits per heavy atom. The molecule has 1 heterocycles. The first-order chi connectivity index (χ1) is 10.3. The first-order valence-corrected chi connectivity index (χ1v) is 6.65. The number of nitrogens with zero attached hydrogens (tertiary/aromatic N) is 2. The summed E-state index contributed by atoms with van der Waals surface area (Å²) in [6.07, 6.45) is 5.55. The molecule has 0 amide bonds. The summed E-state index contributed by atoms with van der Waals surface area (Å²) in [5.74, 6) is 1.000. The van der Waals surface area contributed by atoms with Crippen molar-refractivity contribution in [2.24, 2.45) is 0 Å². The predicted molar refractivity (Wildman–Crippen MR) is 85.2 cm³/mol. The van der Waals surface area contributed by atoms with Gasteiger partial charge in [0.2, 0.25) is 11.8 Å². The van der Waals surface area contributed by atoms with E-state index in [9.17, 15) is 0 Å². The van der Waals surface area contributed by atoms with Crippen LogP contribution in [0.2, 0.25) is 0 Å². The fourth-order valence-corrected chi connectivity index (χ4v) is 1.91. The zero-order chi connectivity index (χ0) is 14.5. The minimum Gasteiger partial charge on any atom is -0.417 e. The summed E-state index contributed by atoms with van der Waals surface area (Å²) in [7, 11) is 0. The smallest absolute Gasteiger partial charge is 0.248 e. The van der Waals surface area contributed by atoms with Crippen molar-refractivity contribution in [1.29, 1.82) is 0 Å². The van der Waals surface area contributed by atoms with Crippen molar-refractivity contribution in [2.45, 2.75) is 0 Å². The van der Waals surface area contributed by atoms with Gasteiger partial charge in [-0.25, -0.2) is 0 Å². The molecule has 3 rings (SSSR count). The first kappa shape index (κ1) is 13.1. The third-order valence-electron chi connectivity index (χ3n) is 3.05. The molecule has 1 aromatic heterocycles. The Morgan fingerprint density at radius 3 is 2.29 bits per heavy atom. The third-order valence-corrected chi connectivity index (χ3v) is 3.05. The van der Waals surface area contributed by atoms with E-state index in [4.69, 9.17) is 4.42 Å². The van der Waals surface area contributed by atoms with E-state index in [1.54, 1.807) is 6.08 Å². The molecule has 0 fully saturated rings. The number of aromatic nitrogens is 2. The van der Waals surface area contributed by atoms with Crippen LogP contribution in [0.4, 0.5) is 0 Å². The van der Waals surface area contributed by atoms with Crippen LogP contribution in [-0.4, -0.2) is 10.2 Å². The summed E-state index contributed by atoms with van der Waals surface area (Å²) in [6.45, 7) is 3.73. The molecule has 0 saturated carbocycles. The fraction of sp³-hybridized carbons (Fsp3) is 0. The van der Waals surface area contributed by atoms with Crippen LogP contribution in [-0.2, 0) is 0 Å².